The van der Waals surface area contributed by atoms with Gasteiger partial charge in [0.25, 0.3) is 0 Å². The van der Waals surface area contributed by atoms with Gasteiger partial charge >= 0.3 is 0 Å². The number of benzene rings is 1. The zero-order valence-electron chi connectivity index (χ0n) is 7.89. The predicted octanol–water partition coefficient (Wildman–Crippen LogP) is 3.02. The highest BCUT2D eigenvalue weighted by molar-refractivity contribution is 9.10. The van der Waals surface area contributed by atoms with Crippen molar-refractivity contribution in [2.45, 2.75) is 10.1 Å². The summed E-state index contributed by atoms with van der Waals surface area (Å²) in [6.07, 6.45) is 0. The summed E-state index contributed by atoms with van der Waals surface area (Å²) in [6, 6.07) is 7.78. The molecule has 0 amide bonds. The predicted molar refractivity (Wildman–Crippen MR) is 67.5 cm³/mol. The normalized spacial score (nSPS) is 10.4. The summed E-state index contributed by atoms with van der Waals surface area (Å²) in [7, 11) is 0. The summed E-state index contributed by atoms with van der Waals surface area (Å²) in [5, 5.41) is 0.584. The molecule has 0 fully saturated rings. The number of hydrogen-bond acceptors (Lipinski definition) is 5. The Morgan fingerprint density at radius 1 is 1.25 bits per heavy atom. The molecule has 0 spiro atoms. The van der Waals surface area contributed by atoms with Crippen molar-refractivity contribution in [2.75, 3.05) is 5.73 Å². The van der Waals surface area contributed by atoms with Crippen molar-refractivity contribution >= 4 is 45.2 Å². The van der Waals surface area contributed by atoms with Crippen LogP contribution in [0.25, 0.3) is 0 Å². The van der Waals surface area contributed by atoms with Gasteiger partial charge in [0.1, 0.15) is 0 Å². The minimum Gasteiger partial charge on any atom is -0.368 e. The van der Waals surface area contributed by atoms with Crippen LogP contribution in [0.4, 0.5) is 5.95 Å². The van der Waals surface area contributed by atoms with Gasteiger partial charge in [-0.2, -0.15) is 15.0 Å². The lowest BCUT2D eigenvalue weighted by molar-refractivity contribution is 0.917. The molecule has 0 aliphatic rings. The van der Waals surface area contributed by atoms with Crippen LogP contribution in [0, 0.1) is 0 Å². The van der Waals surface area contributed by atoms with E-state index < -0.39 is 0 Å². The maximum Gasteiger partial charge on any atom is 0.228 e. The van der Waals surface area contributed by atoms with E-state index in [4.69, 9.17) is 17.3 Å². The van der Waals surface area contributed by atoms with Crippen LogP contribution in [0.2, 0.25) is 5.28 Å². The number of nitrogens with zero attached hydrogens (tertiary/aromatic N) is 3. The monoisotopic (exact) mass is 316 g/mol. The van der Waals surface area contributed by atoms with Crippen molar-refractivity contribution in [3.63, 3.8) is 0 Å². The zero-order valence-corrected chi connectivity index (χ0v) is 11.1. The molecule has 2 rings (SSSR count). The molecule has 7 heteroatoms. The molecule has 0 aliphatic carbocycles. The third-order valence-electron chi connectivity index (χ3n) is 1.61. The highest BCUT2D eigenvalue weighted by atomic mass is 79.9. The Morgan fingerprint density at radius 3 is 2.75 bits per heavy atom. The fourth-order valence-electron chi connectivity index (χ4n) is 1.03. The Hall–Kier alpha value is -0.850. The molecule has 0 aliphatic heterocycles. The van der Waals surface area contributed by atoms with Crippen LogP contribution in [0.15, 0.2) is 38.8 Å². The van der Waals surface area contributed by atoms with Crippen LogP contribution in [0.1, 0.15) is 0 Å². The van der Waals surface area contributed by atoms with Crippen molar-refractivity contribution in [3.8, 4) is 0 Å². The first-order valence-electron chi connectivity index (χ1n) is 4.24. The minimum absolute atomic E-state index is 0.102. The Morgan fingerprint density at radius 2 is 2.06 bits per heavy atom. The molecule has 2 aromatic rings. The van der Waals surface area contributed by atoms with Gasteiger partial charge in [0.2, 0.25) is 11.2 Å². The summed E-state index contributed by atoms with van der Waals surface area (Å²) in [5.41, 5.74) is 5.47. The molecule has 1 heterocycles. The molecule has 0 saturated carbocycles. The van der Waals surface area contributed by atoms with Crippen LogP contribution in [0.5, 0.6) is 0 Å². The molecule has 16 heavy (non-hydrogen) atoms. The van der Waals surface area contributed by atoms with Crippen LogP contribution in [0.3, 0.4) is 0 Å². The van der Waals surface area contributed by atoms with E-state index in [0.29, 0.717) is 5.16 Å². The number of hydrogen-bond donors (Lipinski definition) is 1. The van der Waals surface area contributed by atoms with Gasteiger partial charge in [-0.05, 0) is 41.6 Å². The molecule has 0 atom stereocenters. The average molecular weight is 318 g/mol. The topological polar surface area (TPSA) is 64.7 Å². The second kappa shape index (κ2) is 4.99. The zero-order chi connectivity index (χ0) is 11.5. The number of nitrogens with two attached hydrogens (primary N) is 1. The molecule has 0 bridgehead atoms. The highest BCUT2D eigenvalue weighted by Crippen LogP contribution is 2.27. The van der Waals surface area contributed by atoms with Crippen molar-refractivity contribution in [1.29, 1.82) is 0 Å². The maximum absolute atomic E-state index is 5.68. The van der Waals surface area contributed by atoms with E-state index in [9.17, 15) is 0 Å². The molecule has 0 radical (unpaired) electrons. The fraction of sp³-hybridized carbons (Fsp3) is 0. The number of anilines is 1. The van der Waals surface area contributed by atoms with Gasteiger partial charge < -0.3 is 5.73 Å². The largest absolute Gasteiger partial charge is 0.368 e. The molecular formula is C9H6BrClN4S. The molecule has 4 nitrogen and oxygen atoms in total. The first-order valence-corrected chi connectivity index (χ1v) is 6.23. The highest BCUT2D eigenvalue weighted by Gasteiger charge is 2.04. The van der Waals surface area contributed by atoms with Crippen LogP contribution >= 0.6 is 39.3 Å². The van der Waals surface area contributed by atoms with E-state index in [1.165, 1.54) is 11.8 Å². The second-order valence-electron chi connectivity index (χ2n) is 2.80. The van der Waals surface area contributed by atoms with Gasteiger partial charge in [-0.1, -0.05) is 22.0 Å². The summed E-state index contributed by atoms with van der Waals surface area (Å²) in [6.45, 7) is 0. The fourth-order valence-corrected chi connectivity index (χ4v) is 2.61. The first-order chi connectivity index (χ1) is 7.63. The quantitative estimate of drug-likeness (QED) is 0.922. The number of rotatable bonds is 2. The summed E-state index contributed by atoms with van der Waals surface area (Å²) >= 11 is 10.4. The summed E-state index contributed by atoms with van der Waals surface area (Å²) in [4.78, 5) is 12.6. The molecule has 2 N–H and O–H groups in total. The third kappa shape index (κ3) is 3.07. The summed E-state index contributed by atoms with van der Waals surface area (Å²) < 4.78 is 0.991. The van der Waals surface area contributed by atoms with E-state index in [-0.39, 0.29) is 11.2 Å². The first kappa shape index (κ1) is 11.6. The molecule has 1 aromatic heterocycles. The number of halogens is 2. The average Bonchev–Trinajstić information content (AvgIpc) is 2.15. The van der Waals surface area contributed by atoms with Crippen molar-refractivity contribution in [1.82, 2.24) is 15.0 Å². The minimum atomic E-state index is 0.102. The van der Waals surface area contributed by atoms with Crippen LogP contribution in [-0.2, 0) is 0 Å². The molecule has 0 saturated heterocycles. The molecule has 1 aromatic carbocycles. The molecule has 82 valence electrons. The smallest absolute Gasteiger partial charge is 0.228 e. The van der Waals surface area contributed by atoms with Gasteiger partial charge in [0.15, 0.2) is 5.16 Å². The van der Waals surface area contributed by atoms with Crippen molar-refractivity contribution < 1.29 is 0 Å². The molecular weight excluding hydrogens is 312 g/mol. The maximum atomic E-state index is 5.68. The van der Waals surface area contributed by atoms with Crippen molar-refractivity contribution in [3.05, 3.63) is 34.0 Å². The van der Waals surface area contributed by atoms with E-state index in [1.54, 1.807) is 0 Å². The van der Waals surface area contributed by atoms with Crippen LogP contribution in [-0.4, -0.2) is 15.0 Å². The Bertz CT molecular complexity index is 502. The van der Waals surface area contributed by atoms with Gasteiger partial charge in [-0.25, -0.2) is 0 Å². The standard InChI is InChI=1S/C9H6BrClN4S/c10-5-2-1-3-6(4-5)16-9-14-7(11)13-8(12)15-9/h1-4H,(H2,12,13,14,15). The van der Waals surface area contributed by atoms with Gasteiger partial charge in [-0.3, -0.25) is 0 Å². The lowest BCUT2D eigenvalue weighted by Crippen LogP contribution is -1.98. The Balaban J connectivity index is 2.27. The van der Waals surface area contributed by atoms with E-state index in [1.807, 2.05) is 24.3 Å². The summed E-state index contributed by atoms with van der Waals surface area (Å²) in [5.74, 6) is 0.123. The van der Waals surface area contributed by atoms with Gasteiger partial charge in [0.05, 0.1) is 0 Å². The SMILES string of the molecule is Nc1nc(Cl)nc(Sc2cccc(Br)c2)n1. The van der Waals surface area contributed by atoms with E-state index >= 15 is 0 Å². The number of aromatic nitrogens is 3. The number of nitrogen functional groups attached to an aromatic ring is 1. The van der Waals surface area contributed by atoms with Gasteiger partial charge in [0, 0.05) is 9.37 Å². The Labute approximate surface area is 110 Å². The van der Waals surface area contributed by atoms with Crippen molar-refractivity contribution in [2.24, 2.45) is 0 Å². The van der Waals surface area contributed by atoms with Crippen LogP contribution < -0.4 is 5.73 Å². The third-order valence-corrected chi connectivity index (χ3v) is 3.13. The van der Waals surface area contributed by atoms with Gasteiger partial charge in [-0.15, -0.1) is 0 Å². The molecule has 0 unspecified atom stereocenters. The van der Waals surface area contributed by atoms with E-state index in [0.717, 1.165) is 9.37 Å². The lowest BCUT2D eigenvalue weighted by atomic mass is 10.4. The lowest BCUT2D eigenvalue weighted by Gasteiger charge is -2.01. The van der Waals surface area contributed by atoms with E-state index in [2.05, 4.69) is 30.9 Å². The second-order valence-corrected chi connectivity index (χ2v) is 5.10. The Kier molecular flexibility index (Phi) is 3.63.